The molecule has 3 heteroatoms. The summed E-state index contributed by atoms with van der Waals surface area (Å²) >= 11 is 0. The maximum Gasteiger partial charge on any atom is 0.162 e. The fourth-order valence-electron chi connectivity index (χ4n) is 5.98. The van der Waals surface area contributed by atoms with Gasteiger partial charge in [0.25, 0.3) is 0 Å². The van der Waals surface area contributed by atoms with E-state index in [1.807, 2.05) is 24.3 Å². The molecule has 0 amide bonds. The molecule has 0 N–H and O–H groups in total. The minimum absolute atomic E-state index is 0.0513. The van der Waals surface area contributed by atoms with Crippen molar-refractivity contribution < 1.29 is 13.2 Å². The van der Waals surface area contributed by atoms with Crippen LogP contribution in [-0.2, 0) is 0 Å². The molecule has 2 aliphatic carbocycles. The van der Waals surface area contributed by atoms with E-state index < -0.39 is 11.6 Å². The third-order valence-corrected chi connectivity index (χ3v) is 7.96. The maximum atomic E-state index is 15.1. The van der Waals surface area contributed by atoms with E-state index in [0.717, 1.165) is 62.8 Å². The molecule has 0 heterocycles. The lowest BCUT2D eigenvalue weighted by molar-refractivity contribution is 0.302. The van der Waals surface area contributed by atoms with Crippen LogP contribution in [0.1, 0.15) is 111 Å². The van der Waals surface area contributed by atoms with Gasteiger partial charge in [-0.05, 0) is 110 Å². The minimum Gasteiger partial charge on any atom is -0.207 e. The van der Waals surface area contributed by atoms with E-state index in [-0.39, 0.29) is 17.7 Å². The van der Waals surface area contributed by atoms with Crippen molar-refractivity contribution in [2.45, 2.75) is 95.8 Å². The number of rotatable bonds is 5. The van der Waals surface area contributed by atoms with Crippen LogP contribution < -0.4 is 0 Å². The predicted octanol–water partition coefficient (Wildman–Crippen LogP) is 8.93. The summed E-state index contributed by atoms with van der Waals surface area (Å²) in [5, 5.41) is 0. The molecule has 0 unspecified atom stereocenters. The summed E-state index contributed by atoms with van der Waals surface area (Å²) in [5.41, 5.74) is 2.81. The van der Waals surface area contributed by atoms with Crippen LogP contribution in [0.4, 0.5) is 13.2 Å². The summed E-state index contributed by atoms with van der Waals surface area (Å²) in [7, 11) is 0. The molecule has 0 aromatic heterocycles. The van der Waals surface area contributed by atoms with Crippen LogP contribution in [0.25, 0.3) is 0 Å². The molecule has 2 aromatic rings. The van der Waals surface area contributed by atoms with Gasteiger partial charge in [-0.25, -0.2) is 13.2 Å². The first kappa shape index (κ1) is 22.4. The summed E-state index contributed by atoms with van der Waals surface area (Å²) < 4.78 is 44.1. The Labute approximate surface area is 185 Å². The fourth-order valence-corrected chi connectivity index (χ4v) is 5.98. The van der Waals surface area contributed by atoms with Gasteiger partial charge in [0, 0.05) is 0 Å². The van der Waals surface area contributed by atoms with Crippen LogP contribution in [-0.4, -0.2) is 0 Å². The minimum atomic E-state index is -0.627. The molecule has 0 bridgehead atoms. The average Bonchev–Trinajstić information content (AvgIpc) is 2.79. The normalized spacial score (nSPS) is 26.7. The lowest BCUT2D eigenvalue weighted by Gasteiger charge is -2.31. The van der Waals surface area contributed by atoms with Crippen molar-refractivity contribution in [2.75, 3.05) is 0 Å². The SMILES string of the molecule is CCCC1CCC(c2ccc(C3CCC(c4ccc(C)c(F)c4)CC3)c(F)c2F)CC1. The van der Waals surface area contributed by atoms with E-state index in [4.69, 9.17) is 0 Å². The molecule has 0 spiro atoms. The second-order valence-electron chi connectivity index (χ2n) is 9.94. The zero-order valence-electron chi connectivity index (χ0n) is 18.9. The highest BCUT2D eigenvalue weighted by molar-refractivity contribution is 5.33. The molecule has 168 valence electrons. The van der Waals surface area contributed by atoms with Crippen molar-refractivity contribution in [1.82, 2.24) is 0 Å². The molecule has 2 saturated carbocycles. The summed E-state index contributed by atoms with van der Waals surface area (Å²) in [6, 6.07) is 9.20. The van der Waals surface area contributed by atoms with Gasteiger partial charge in [-0.15, -0.1) is 0 Å². The second-order valence-corrected chi connectivity index (χ2v) is 9.94. The lowest BCUT2D eigenvalue weighted by atomic mass is 9.74. The van der Waals surface area contributed by atoms with E-state index >= 15 is 8.78 Å². The van der Waals surface area contributed by atoms with Gasteiger partial charge in [0.2, 0.25) is 0 Å². The number of benzene rings is 2. The molecule has 0 atom stereocenters. The lowest BCUT2D eigenvalue weighted by Crippen LogP contribution is -2.17. The second kappa shape index (κ2) is 9.79. The topological polar surface area (TPSA) is 0 Å². The first-order valence-electron chi connectivity index (χ1n) is 12.2. The van der Waals surface area contributed by atoms with Crippen LogP contribution in [0.2, 0.25) is 0 Å². The van der Waals surface area contributed by atoms with Crippen molar-refractivity contribution in [3.05, 3.63) is 70.0 Å². The van der Waals surface area contributed by atoms with Gasteiger partial charge in [0.05, 0.1) is 0 Å². The molecule has 4 rings (SSSR count). The Morgan fingerprint density at radius 3 is 1.74 bits per heavy atom. The van der Waals surface area contributed by atoms with Gasteiger partial charge in [0.1, 0.15) is 5.82 Å². The number of hydrogen-bond acceptors (Lipinski definition) is 0. The quantitative estimate of drug-likeness (QED) is 0.446. The third kappa shape index (κ3) is 4.86. The van der Waals surface area contributed by atoms with Crippen LogP contribution in [0, 0.1) is 30.3 Å². The molecule has 31 heavy (non-hydrogen) atoms. The molecular weight excluding hydrogens is 393 g/mol. The van der Waals surface area contributed by atoms with Crippen molar-refractivity contribution in [3.63, 3.8) is 0 Å². The van der Waals surface area contributed by atoms with E-state index in [0.29, 0.717) is 22.6 Å². The van der Waals surface area contributed by atoms with Gasteiger partial charge >= 0.3 is 0 Å². The van der Waals surface area contributed by atoms with Gasteiger partial charge in [-0.2, -0.15) is 0 Å². The molecule has 2 fully saturated rings. The monoisotopic (exact) mass is 428 g/mol. The summed E-state index contributed by atoms with van der Waals surface area (Å²) in [6.07, 6.45) is 10.1. The first-order valence-corrected chi connectivity index (χ1v) is 12.2. The average molecular weight is 429 g/mol. The van der Waals surface area contributed by atoms with Crippen LogP contribution in [0.5, 0.6) is 0 Å². The highest BCUT2D eigenvalue weighted by atomic mass is 19.2. The fraction of sp³-hybridized carbons (Fsp3) is 0.571. The van der Waals surface area contributed by atoms with Crippen molar-refractivity contribution in [2.24, 2.45) is 5.92 Å². The van der Waals surface area contributed by atoms with Gasteiger partial charge in [0.15, 0.2) is 11.6 Å². The summed E-state index contributed by atoms with van der Waals surface area (Å²) in [4.78, 5) is 0. The van der Waals surface area contributed by atoms with Gasteiger partial charge in [-0.1, -0.05) is 44.0 Å². The maximum absolute atomic E-state index is 15.1. The molecule has 2 aliphatic rings. The molecule has 0 radical (unpaired) electrons. The highest BCUT2D eigenvalue weighted by Gasteiger charge is 2.30. The van der Waals surface area contributed by atoms with E-state index in [2.05, 4.69) is 6.92 Å². The van der Waals surface area contributed by atoms with E-state index in [1.165, 1.54) is 12.8 Å². The van der Waals surface area contributed by atoms with E-state index in [1.54, 1.807) is 13.0 Å². The Morgan fingerprint density at radius 2 is 1.23 bits per heavy atom. The largest absolute Gasteiger partial charge is 0.207 e. The van der Waals surface area contributed by atoms with Crippen molar-refractivity contribution in [1.29, 1.82) is 0 Å². The number of hydrogen-bond donors (Lipinski definition) is 0. The van der Waals surface area contributed by atoms with Gasteiger partial charge < -0.3 is 0 Å². The van der Waals surface area contributed by atoms with Crippen LogP contribution in [0.3, 0.4) is 0 Å². The van der Waals surface area contributed by atoms with Crippen molar-refractivity contribution in [3.8, 4) is 0 Å². The number of halogens is 3. The molecule has 0 aliphatic heterocycles. The predicted molar refractivity (Wildman–Crippen MR) is 121 cm³/mol. The summed E-state index contributed by atoms with van der Waals surface area (Å²) in [6.45, 7) is 3.99. The Bertz CT molecular complexity index is 887. The van der Waals surface area contributed by atoms with Crippen LogP contribution in [0.15, 0.2) is 30.3 Å². The number of aryl methyl sites for hydroxylation is 1. The van der Waals surface area contributed by atoms with E-state index in [9.17, 15) is 4.39 Å². The Balaban J connectivity index is 1.41. The first-order chi connectivity index (χ1) is 15.0. The van der Waals surface area contributed by atoms with Gasteiger partial charge in [-0.3, -0.25) is 0 Å². The van der Waals surface area contributed by atoms with Crippen molar-refractivity contribution >= 4 is 0 Å². The zero-order chi connectivity index (χ0) is 22.0. The standard InChI is InChI=1S/C28H35F3/c1-3-4-19-6-9-21(10-7-19)24-15-16-25(28(31)27(24)30)22-13-11-20(12-14-22)23-8-5-18(2)26(29)17-23/h5,8,15-17,19-22H,3-4,6-7,9-14H2,1-2H3. The third-order valence-electron chi connectivity index (χ3n) is 7.96. The Kier molecular flexibility index (Phi) is 7.08. The smallest absolute Gasteiger partial charge is 0.162 e. The highest BCUT2D eigenvalue weighted by Crippen LogP contribution is 2.44. The molecular formula is C28H35F3. The Hall–Kier alpha value is -1.77. The van der Waals surface area contributed by atoms with Crippen LogP contribution >= 0.6 is 0 Å². The molecule has 2 aromatic carbocycles. The molecule has 0 nitrogen and oxygen atoms in total. The summed E-state index contributed by atoms with van der Waals surface area (Å²) in [5.74, 6) is -0.133. The molecule has 0 saturated heterocycles. The Morgan fingerprint density at radius 1 is 0.710 bits per heavy atom. The zero-order valence-corrected chi connectivity index (χ0v) is 18.9.